The summed E-state index contributed by atoms with van der Waals surface area (Å²) in [7, 11) is 0. The fourth-order valence-electron chi connectivity index (χ4n) is 6.98. The number of alkyl halides is 2. The number of carbonyl (C=O) groups is 2. The molecule has 2 atom stereocenters. The van der Waals surface area contributed by atoms with E-state index in [1.54, 1.807) is 22.8 Å². The molecule has 10 nitrogen and oxygen atoms in total. The Hall–Kier alpha value is -3.38. The Labute approximate surface area is 256 Å². The number of likely N-dealkylation sites (tertiary alicyclic amines) is 2. The molecule has 1 saturated carbocycles. The van der Waals surface area contributed by atoms with Crippen molar-refractivity contribution in [3.05, 3.63) is 47.2 Å². The van der Waals surface area contributed by atoms with Crippen LogP contribution in [-0.2, 0) is 17.8 Å². The second kappa shape index (κ2) is 12.9. The summed E-state index contributed by atoms with van der Waals surface area (Å²) in [6.07, 6.45) is 1.71. The number of aliphatic hydroxyl groups is 1. The highest BCUT2D eigenvalue weighted by atomic mass is 19.3. The largest absolute Gasteiger partial charge is 0.460 e. The molecule has 1 aromatic heterocycles. The second-order valence-electron chi connectivity index (χ2n) is 12.7. The number of aliphatic hydroxyl groups excluding tert-OH is 1. The highest BCUT2D eigenvalue weighted by molar-refractivity contribution is 5.93. The number of rotatable bonds is 6. The molecule has 2 aromatic rings. The lowest BCUT2D eigenvalue weighted by atomic mass is 9.94. The monoisotopic (exact) mass is 612 g/mol. The van der Waals surface area contributed by atoms with E-state index in [-0.39, 0.29) is 67.8 Å². The van der Waals surface area contributed by atoms with Gasteiger partial charge < -0.3 is 25.0 Å². The van der Waals surface area contributed by atoms with Gasteiger partial charge in [0, 0.05) is 77.2 Å². The molecule has 3 aliphatic heterocycles. The predicted molar refractivity (Wildman–Crippen MR) is 160 cm³/mol. The first-order valence-electron chi connectivity index (χ1n) is 15.9. The highest BCUT2D eigenvalue weighted by Gasteiger charge is 2.38. The van der Waals surface area contributed by atoms with Crippen LogP contribution in [0.4, 0.5) is 14.6 Å². The maximum absolute atomic E-state index is 13.8. The molecule has 44 heavy (non-hydrogen) atoms. The summed E-state index contributed by atoms with van der Waals surface area (Å²) in [5.41, 5.74) is 2.77. The average Bonchev–Trinajstić information content (AvgIpc) is 3.01. The zero-order chi connectivity index (χ0) is 30.8. The van der Waals surface area contributed by atoms with Crippen LogP contribution in [0.3, 0.4) is 0 Å². The number of carbonyl (C=O) groups excluding carboxylic acids is 2. The molecule has 1 aliphatic carbocycles. The van der Waals surface area contributed by atoms with Gasteiger partial charge in [0.15, 0.2) is 0 Å². The van der Waals surface area contributed by atoms with Gasteiger partial charge in [0.25, 0.3) is 5.91 Å². The first kappa shape index (κ1) is 30.6. The molecular weight excluding hydrogens is 570 g/mol. The Morgan fingerprint density at radius 1 is 0.977 bits per heavy atom. The van der Waals surface area contributed by atoms with Gasteiger partial charge >= 0.3 is 6.01 Å². The van der Waals surface area contributed by atoms with Crippen LogP contribution in [0.5, 0.6) is 6.01 Å². The fraction of sp³-hybridized carbons (Fsp3) is 0.625. The molecule has 2 amide bonds. The molecule has 1 aromatic carbocycles. The van der Waals surface area contributed by atoms with Crippen LogP contribution in [0.25, 0.3) is 0 Å². The lowest BCUT2D eigenvalue weighted by molar-refractivity contribution is -0.129. The van der Waals surface area contributed by atoms with E-state index in [1.165, 1.54) is 11.1 Å². The number of amides is 2. The first-order chi connectivity index (χ1) is 21.1. The number of hydrogen-bond acceptors (Lipinski definition) is 8. The predicted octanol–water partition coefficient (Wildman–Crippen LogP) is 3.49. The minimum absolute atomic E-state index is 0.0165. The van der Waals surface area contributed by atoms with Gasteiger partial charge in [-0.2, -0.15) is 9.97 Å². The average molecular weight is 613 g/mol. The number of fused-ring (bicyclic) bond motifs is 1. The lowest BCUT2D eigenvalue weighted by Crippen LogP contribution is -2.56. The van der Waals surface area contributed by atoms with Crippen molar-refractivity contribution in [3.8, 4) is 6.01 Å². The summed E-state index contributed by atoms with van der Waals surface area (Å²) in [5, 5.41) is 14.6. The summed E-state index contributed by atoms with van der Waals surface area (Å²) in [4.78, 5) is 40.2. The van der Waals surface area contributed by atoms with E-state index < -0.39 is 18.1 Å². The van der Waals surface area contributed by atoms with E-state index in [0.29, 0.717) is 31.9 Å². The topological polar surface area (TPSA) is 111 Å². The van der Waals surface area contributed by atoms with E-state index in [0.717, 1.165) is 32.4 Å². The number of benzene rings is 1. The molecule has 12 heteroatoms. The molecule has 2 saturated heterocycles. The minimum Gasteiger partial charge on any atom is -0.460 e. The molecule has 0 radical (unpaired) electrons. The van der Waals surface area contributed by atoms with Crippen molar-refractivity contribution in [2.45, 2.75) is 95.0 Å². The Kier molecular flexibility index (Phi) is 9.00. The summed E-state index contributed by atoms with van der Waals surface area (Å²) < 4.78 is 33.5. The number of β-amino-alcohol motifs (C(OH)–C–C–N with tert-alkyl or cyclic N) is 1. The maximum atomic E-state index is 13.8. The SMILES string of the molecule is CC(=O)N1CCC(Nc2cc(C(=O)N3CC[C@@H](N4CCc5ccccc5C4)[C@H](O)C3)nc(OC3CCC(F)(F)CC3)n2)CC1. The Morgan fingerprint density at radius 2 is 1.68 bits per heavy atom. The third-order valence-corrected chi connectivity index (χ3v) is 9.62. The number of aromatic nitrogens is 2. The molecule has 238 valence electrons. The number of halogens is 2. The van der Waals surface area contributed by atoms with Gasteiger partial charge in [-0.25, -0.2) is 8.78 Å². The van der Waals surface area contributed by atoms with Crippen LogP contribution in [0.2, 0.25) is 0 Å². The van der Waals surface area contributed by atoms with Gasteiger partial charge in [-0.3, -0.25) is 14.5 Å². The minimum atomic E-state index is -2.69. The Balaban J connectivity index is 1.14. The van der Waals surface area contributed by atoms with E-state index in [9.17, 15) is 23.5 Å². The normalized spacial score (nSPS) is 24.9. The van der Waals surface area contributed by atoms with Gasteiger partial charge in [0.1, 0.15) is 17.6 Å². The van der Waals surface area contributed by atoms with Gasteiger partial charge in [0.05, 0.1) is 6.10 Å². The van der Waals surface area contributed by atoms with Crippen LogP contribution in [-0.4, -0.2) is 105 Å². The Morgan fingerprint density at radius 3 is 2.39 bits per heavy atom. The second-order valence-corrected chi connectivity index (χ2v) is 12.7. The number of hydrogen-bond donors (Lipinski definition) is 2. The summed E-state index contributed by atoms with van der Waals surface area (Å²) in [6, 6.07) is 9.98. The smallest absolute Gasteiger partial charge is 0.319 e. The van der Waals surface area contributed by atoms with E-state index in [2.05, 4.69) is 38.4 Å². The van der Waals surface area contributed by atoms with Gasteiger partial charge in [0.2, 0.25) is 11.8 Å². The number of anilines is 1. The van der Waals surface area contributed by atoms with Gasteiger partial charge in [-0.15, -0.1) is 0 Å². The molecular formula is C32H42F2N6O4. The van der Waals surface area contributed by atoms with Crippen molar-refractivity contribution < 1.29 is 28.2 Å². The van der Waals surface area contributed by atoms with Crippen LogP contribution < -0.4 is 10.1 Å². The maximum Gasteiger partial charge on any atom is 0.319 e. The number of nitrogens with one attached hydrogen (secondary N) is 1. The van der Waals surface area contributed by atoms with Crippen molar-refractivity contribution in [2.24, 2.45) is 0 Å². The number of ether oxygens (including phenoxy) is 1. The van der Waals surface area contributed by atoms with E-state index in [1.807, 2.05) is 6.07 Å². The lowest BCUT2D eigenvalue weighted by Gasteiger charge is -2.43. The fourth-order valence-corrected chi connectivity index (χ4v) is 6.98. The van der Waals surface area contributed by atoms with Crippen LogP contribution >= 0.6 is 0 Å². The van der Waals surface area contributed by atoms with Crippen molar-refractivity contribution in [2.75, 3.05) is 38.0 Å². The molecule has 0 bridgehead atoms. The highest BCUT2D eigenvalue weighted by Crippen LogP contribution is 2.35. The quantitative estimate of drug-likeness (QED) is 0.510. The standard InChI is InChI=1S/C32H42F2N6O4/c1-21(41)38-15-9-24(10-16-38)35-29-18-26(36-31(37-29)44-25-6-12-32(33,34)13-7-25)30(43)40-17-11-27(28(42)20-40)39-14-8-22-4-2-3-5-23(22)19-39/h2-5,18,24-25,27-28,42H,6-17,19-20H2,1H3,(H,35,36,37)/t27-,28-/m1/s1. The zero-order valence-electron chi connectivity index (χ0n) is 25.3. The molecule has 3 fully saturated rings. The van der Waals surface area contributed by atoms with Crippen LogP contribution in [0.15, 0.2) is 30.3 Å². The third kappa shape index (κ3) is 7.12. The van der Waals surface area contributed by atoms with E-state index in [4.69, 9.17) is 4.74 Å². The molecule has 0 unspecified atom stereocenters. The zero-order valence-corrected chi connectivity index (χ0v) is 25.3. The number of nitrogens with zero attached hydrogens (tertiary/aromatic N) is 5. The van der Waals surface area contributed by atoms with Crippen molar-refractivity contribution >= 4 is 17.6 Å². The third-order valence-electron chi connectivity index (χ3n) is 9.62. The van der Waals surface area contributed by atoms with Crippen molar-refractivity contribution in [1.29, 1.82) is 0 Å². The molecule has 4 aliphatic rings. The summed E-state index contributed by atoms with van der Waals surface area (Å²) in [6.45, 7) is 5.12. The van der Waals surface area contributed by atoms with Crippen LogP contribution in [0, 0.1) is 0 Å². The summed E-state index contributed by atoms with van der Waals surface area (Å²) >= 11 is 0. The molecule has 2 N–H and O–H groups in total. The molecule has 4 heterocycles. The van der Waals surface area contributed by atoms with Gasteiger partial charge in [-0.1, -0.05) is 24.3 Å². The number of piperidine rings is 2. The van der Waals surface area contributed by atoms with Gasteiger partial charge in [-0.05, 0) is 49.7 Å². The van der Waals surface area contributed by atoms with Crippen molar-refractivity contribution in [1.82, 2.24) is 24.7 Å². The van der Waals surface area contributed by atoms with Crippen LogP contribution in [0.1, 0.15) is 73.5 Å². The molecule has 0 spiro atoms. The van der Waals surface area contributed by atoms with E-state index >= 15 is 0 Å². The Bertz CT molecular complexity index is 1340. The van der Waals surface area contributed by atoms with Crippen molar-refractivity contribution in [3.63, 3.8) is 0 Å². The molecule has 6 rings (SSSR count). The summed E-state index contributed by atoms with van der Waals surface area (Å²) in [5.74, 6) is -2.56. The first-order valence-corrected chi connectivity index (χ1v) is 15.9.